The molecule has 2 N–H and O–H groups in total. The van der Waals surface area contributed by atoms with Gasteiger partial charge in [-0.1, -0.05) is 24.9 Å². The van der Waals surface area contributed by atoms with Gasteiger partial charge in [-0.2, -0.15) is 0 Å². The lowest BCUT2D eigenvalue weighted by atomic mass is 10.3. The Morgan fingerprint density at radius 1 is 0.850 bits per heavy atom. The highest BCUT2D eigenvalue weighted by molar-refractivity contribution is 9.10. The lowest BCUT2D eigenvalue weighted by molar-refractivity contribution is 1.20. The number of hydrogen-bond donors (Lipinski definition) is 1. The molecule has 0 saturated heterocycles. The van der Waals surface area contributed by atoms with Crippen LogP contribution in [0.3, 0.4) is 0 Å². The molecule has 0 amide bonds. The zero-order chi connectivity index (χ0) is 13.9. The molecule has 0 radical (unpaired) electrons. The number of nitrogens with zero attached hydrogens (tertiary/aromatic N) is 4. The predicted octanol–water partition coefficient (Wildman–Crippen LogP) is 3.73. The first kappa shape index (κ1) is 13.3. The summed E-state index contributed by atoms with van der Waals surface area (Å²) in [6, 6.07) is 11.5. The molecule has 8 heteroatoms. The second-order valence-corrected chi connectivity index (χ2v) is 6.37. The molecule has 4 aromatic rings. The first-order valence-electron chi connectivity index (χ1n) is 5.57. The van der Waals surface area contributed by atoms with Crippen molar-refractivity contribution in [1.29, 1.82) is 0 Å². The second-order valence-electron chi connectivity index (χ2n) is 3.89. The molecule has 0 saturated carbocycles. The van der Waals surface area contributed by atoms with Gasteiger partial charge in [0.1, 0.15) is 11.0 Å². The fraction of sp³-hybridized carbons (Fsp3) is 0. The molecule has 4 rings (SSSR count). The summed E-state index contributed by atoms with van der Waals surface area (Å²) >= 11 is 6.14. The third kappa shape index (κ3) is 2.92. The van der Waals surface area contributed by atoms with Gasteiger partial charge in [-0.25, -0.2) is 0 Å². The van der Waals surface area contributed by atoms with Crippen LogP contribution in [0.25, 0.3) is 20.4 Å². The van der Waals surface area contributed by atoms with E-state index < -0.39 is 0 Å². The quantitative estimate of drug-likeness (QED) is 0.480. The Morgan fingerprint density at radius 3 is 2.15 bits per heavy atom. The Bertz CT molecular complexity index is 785. The zero-order valence-electron chi connectivity index (χ0n) is 10.0. The SMILES string of the molecule is Brc1ccc2nnsc2c1.Nc1ccc2nnsc2c1. The molecule has 2 aromatic heterocycles. The molecule has 100 valence electrons. The topological polar surface area (TPSA) is 77.6 Å². The minimum atomic E-state index is 0.763. The average molecular weight is 366 g/mol. The van der Waals surface area contributed by atoms with Gasteiger partial charge in [-0.3, -0.25) is 0 Å². The van der Waals surface area contributed by atoms with Gasteiger partial charge in [-0.05, 0) is 59.5 Å². The maximum atomic E-state index is 5.53. The Balaban J connectivity index is 0.000000121. The fourth-order valence-electron chi connectivity index (χ4n) is 1.55. The summed E-state index contributed by atoms with van der Waals surface area (Å²) in [5.41, 5.74) is 8.18. The van der Waals surface area contributed by atoms with Crippen LogP contribution in [0.5, 0.6) is 0 Å². The molecule has 0 spiro atoms. The Labute approximate surface area is 130 Å². The van der Waals surface area contributed by atoms with Gasteiger partial charge in [0, 0.05) is 10.2 Å². The van der Waals surface area contributed by atoms with E-state index in [0.717, 1.165) is 30.6 Å². The Hall–Kier alpha value is -1.64. The Morgan fingerprint density at radius 2 is 1.45 bits per heavy atom. The van der Waals surface area contributed by atoms with Crippen molar-refractivity contribution in [2.75, 3.05) is 5.73 Å². The van der Waals surface area contributed by atoms with Gasteiger partial charge in [0.05, 0.1) is 9.40 Å². The number of nitrogens with two attached hydrogens (primary N) is 1. The predicted molar refractivity (Wildman–Crippen MR) is 86.9 cm³/mol. The van der Waals surface area contributed by atoms with Crippen LogP contribution in [-0.2, 0) is 0 Å². The minimum Gasteiger partial charge on any atom is -0.399 e. The molecule has 0 aliphatic rings. The molecular formula is C12H8BrN5S2. The molecule has 0 bridgehead atoms. The third-order valence-corrected chi connectivity index (χ3v) is 4.35. The Kier molecular flexibility index (Phi) is 3.86. The van der Waals surface area contributed by atoms with E-state index in [0.29, 0.717) is 0 Å². The largest absolute Gasteiger partial charge is 0.399 e. The first-order chi connectivity index (χ1) is 9.72. The molecule has 0 atom stereocenters. The van der Waals surface area contributed by atoms with Crippen LogP contribution in [-0.4, -0.2) is 19.2 Å². The number of aromatic nitrogens is 4. The summed E-state index contributed by atoms with van der Waals surface area (Å²) in [6.45, 7) is 0. The molecule has 0 fully saturated rings. The second kappa shape index (κ2) is 5.78. The maximum Gasteiger partial charge on any atom is 0.106 e. The van der Waals surface area contributed by atoms with Crippen molar-refractivity contribution in [3.05, 3.63) is 40.9 Å². The van der Waals surface area contributed by atoms with E-state index in [1.54, 1.807) is 0 Å². The van der Waals surface area contributed by atoms with Gasteiger partial charge in [0.15, 0.2) is 0 Å². The number of hydrogen-bond acceptors (Lipinski definition) is 7. The molecule has 20 heavy (non-hydrogen) atoms. The van der Waals surface area contributed by atoms with Crippen molar-refractivity contribution in [2.45, 2.75) is 0 Å². The summed E-state index contributed by atoms with van der Waals surface area (Å²) in [5, 5.41) is 7.78. The smallest absolute Gasteiger partial charge is 0.106 e. The number of halogens is 1. The number of rotatable bonds is 0. The van der Waals surface area contributed by atoms with Crippen LogP contribution < -0.4 is 5.73 Å². The van der Waals surface area contributed by atoms with E-state index in [1.165, 1.54) is 23.1 Å². The number of benzene rings is 2. The number of anilines is 1. The van der Waals surface area contributed by atoms with Crippen molar-refractivity contribution in [2.24, 2.45) is 0 Å². The molecule has 2 aromatic carbocycles. The monoisotopic (exact) mass is 365 g/mol. The van der Waals surface area contributed by atoms with Crippen LogP contribution in [0.4, 0.5) is 5.69 Å². The van der Waals surface area contributed by atoms with Crippen molar-refractivity contribution in [3.8, 4) is 0 Å². The standard InChI is InChI=1S/C6H3BrN2S.C6H5N3S/c2*7-4-1-2-5-6(3-4)10-9-8-5/h1-3H;1-3H,7H2. The number of nitrogen functional groups attached to an aromatic ring is 1. The lowest BCUT2D eigenvalue weighted by Gasteiger charge is -1.87. The van der Waals surface area contributed by atoms with E-state index in [1.807, 2.05) is 36.4 Å². The summed E-state index contributed by atoms with van der Waals surface area (Å²) in [7, 11) is 0. The van der Waals surface area contributed by atoms with Gasteiger partial charge in [-0.15, -0.1) is 10.2 Å². The van der Waals surface area contributed by atoms with E-state index in [2.05, 4.69) is 35.1 Å². The molecule has 0 aliphatic heterocycles. The highest BCUT2D eigenvalue weighted by Gasteiger charge is 1.96. The summed E-state index contributed by atoms with van der Waals surface area (Å²) in [5.74, 6) is 0. The van der Waals surface area contributed by atoms with E-state index in [4.69, 9.17) is 5.73 Å². The van der Waals surface area contributed by atoms with Crippen LogP contribution >= 0.6 is 39.0 Å². The third-order valence-electron chi connectivity index (χ3n) is 2.48. The summed E-state index contributed by atoms with van der Waals surface area (Å²) in [6.07, 6.45) is 0. The highest BCUT2D eigenvalue weighted by Crippen LogP contribution is 2.20. The van der Waals surface area contributed by atoms with Crippen molar-refractivity contribution in [1.82, 2.24) is 19.2 Å². The van der Waals surface area contributed by atoms with Gasteiger partial charge >= 0.3 is 0 Å². The van der Waals surface area contributed by atoms with Crippen LogP contribution in [0, 0.1) is 0 Å². The van der Waals surface area contributed by atoms with Gasteiger partial charge < -0.3 is 5.73 Å². The van der Waals surface area contributed by atoms with Gasteiger partial charge in [0.25, 0.3) is 0 Å². The maximum absolute atomic E-state index is 5.53. The van der Waals surface area contributed by atoms with Crippen LogP contribution in [0.1, 0.15) is 0 Å². The van der Waals surface area contributed by atoms with Gasteiger partial charge in [0.2, 0.25) is 0 Å². The highest BCUT2D eigenvalue weighted by atomic mass is 79.9. The van der Waals surface area contributed by atoms with E-state index in [9.17, 15) is 0 Å². The normalized spacial score (nSPS) is 10.4. The molecule has 0 unspecified atom stereocenters. The number of fused-ring (bicyclic) bond motifs is 2. The molecular weight excluding hydrogens is 358 g/mol. The van der Waals surface area contributed by atoms with E-state index in [-0.39, 0.29) is 0 Å². The van der Waals surface area contributed by atoms with E-state index >= 15 is 0 Å². The van der Waals surface area contributed by atoms with Crippen molar-refractivity contribution >= 4 is 65.1 Å². The lowest BCUT2D eigenvalue weighted by Crippen LogP contribution is -1.81. The van der Waals surface area contributed by atoms with Crippen LogP contribution in [0.2, 0.25) is 0 Å². The molecule has 0 aliphatic carbocycles. The summed E-state index contributed by atoms with van der Waals surface area (Å²) < 4.78 is 10.8. The average Bonchev–Trinajstić information content (AvgIpc) is 3.06. The molecule has 5 nitrogen and oxygen atoms in total. The first-order valence-corrected chi connectivity index (χ1v) is 7.91. The summed E-state index contributed by atoms with van der Waals surface area (Å²) in [4.78, 5) is 0. The molecule has 2 heterocycles. The van der Waals surface area contributed by atoms with Crippen LogP contribution in [0.15, 0.2) is 40.9 Å². The zero-order valence-corrected chi connectivity index (χ0v) is 13.2. The van der Waals surface area contributed by atoms with Crippen molar-refractivity contribution in [3.63, 3.8) is 0 Å². The van der Waals surface area contributed by atoms with Crippen molar-refractivity contribution < 1.29 is 0 Å². The fourth-order valence-corrected chi connectivity index (χ4v) is 3.27. The minimum absolute atomic E-state index is 0.763.